The first-order valence-electron chi connectivity index (χ1n) is 7.69. The summed E-state index contributed by atoms with van der Waals surface area (Å²) in [7, 11) is 0. The molecule has 1 aliphatic rings. The van der Waals surface area contributed by atoms with Crippen LogP contribution in [0.15, 0.2) is 34.9 Å². The van der Waals surface area contributed by atoms with E-state index in [9.17, 15) is 0 Å². The largest absolute Gasteiger partial charge is 0.392 e. The molecular formula is C18H30O. The van der Waals surface area contributed by atoms with Gasteiger partial charge in [0.2, 0.25) is 0 Å². The summed E-state index contributed by atoms with van der Waals surface area (Å²) in [5.41, 5.74) is 4.60. The van der Waals surface area contributed by atoms with Crippen molar-refractivity contribution in [2.75, 3.05) is 6.61 Å². The minimum atomic E-state index is 0.144. The molecule has 0 saturated heterocycles. The van der Waals surface area contributed by atoms with Gasteiger partial charge in [-0.05, 0) is 55.6 Å². The molecular weight excluding hydrogens is 232 g/mol. The zero-order valence-corrected chi connectivity index (χ0v) is 13.1. The molecule has 0 fully saturated rings. The van der Waals surface area contributed by atoms with Crippen LogP contribution in [0, 0.1) is 5.41 Å². The van der Waals surface area contributed by atoms with Gasteiger partial charge < -0.3 is 5.11 Å². The van der Waals surface area contributed by atoms with Gasteiger partial charge in [-0.3, -0.25) is 0 Å². The second-order valence-electron chi connectivity index (χ2n) is 6.33. The summed E-state index contributed by atoms with van der Waals surface area (Å²) < 4.78 is 0. The Hall–Kier alpha value is -0.820. The molecule has 0 aliphatic heterocycles. The Balaban J connectivity index is 2.85. The number of hydrogen-bond acceptors (Lipinski definition) is 1. The summed E-state index contributed by atoms with van der Waals surface area (Å²) in [6, 6.07) is 0. The Morgan fingerprint density at radius 2 is 2.11 bits per heavy atom. The summed E-state index contributed by atoms with van der Waals surface area (Å²) in [5, 5.41) is 9.11. The maximum absolute atomic E-state index is 9.11. The Morgan fingerprint density at radius 3 is 2.68 bits per heavy atom. The Bertz CT molecular complexity index is 369. The molecule has 0 radical (unpaired) electrons. The fourth-order valence-corrected chi connectivity index (χ4v) is 2.95. The molecule has 19 heavy (non-hydrogen) atoms. The second kappa shape index (κ2) is 7.69. The van der Waals surface area contributed by atoms with Gasteiger partial charge in [0.05, 0.1) is 6.61 Å². The van der Waals surface area contributed by atoms with Gasteiger partial charge in [0.25, 0.3) is 0 Å². The van der Waals surface area contributed by atoms with Crippen LogP contribution in [0.2, 0.25) is 0 Å². The quantitative estimate of drug-likeness (QED) is 0.654. The molecule has 0 saturated carbocycles. The van der Waals surface area contributed by atoms with Crippen molar-refractivity contribution in [2.24, 2.45) is 5.41 Å². The molecule has 0 spiro atoms. The highest BCUT2D eigenvalue weighted by atomic mass is 16.2. The van der Waals surface area contributed by atoms with E-state index in [1.807, 2.05) is 6.08 Å². The first-order chi connectivity index (χ1) is 9.01. The average Bonchev–Trinajstić information content (AvgIpc) is 2.34. The van der Waals surface area contributed by atoms with Crippen LogP contribution in [0.25, 0.3) is 0 Å². The van der Waals surface area contributed by atoms with E-state index in [-0.39, 0.29) is 6.61 Å². The smallest absolute Gasteiger partial charge is 0.0618 e. The maximum atomic E-state index is 9.11. The molecule has 1 N–H and O–H groups in total. The normalized spacial score (nSPS) is 20.4. The first kappa shape index (κ1) is 16.2. The zero-order chi connectivity index (χ0) is 14.3. The van der Waals surface area contributed by atoms with Gasteiger partial charge in [0, 0.05) is 0 Å². The first-order valence-corrected chi connectivity index (χ1v) is 7.69. The number of allylic oxidation sites excluding steroid dienone is 5. The third-order valence-corrected chi connectivity index (χ3v) is 4.18. The third kappa shape index (κ3) is 4.99. The molecule has 1 nitrogen and oxygen atoms in total. The predicted octanol–water partition coefficient (Wildman–Crippen LogP) is 5.18. The molecule has 0 aromatic heterocycles. The van der Waals surface area contributed by atoms with Crippen molar-refractivity contribution in [1.29, 1.82) is 0 Å². The van der Waals surface area contributed by atoms with Crippen molar-refractivity contribution in [3.8, 4) is 0 Å². The van der Waals surface area contributed by atoms with Crippen molar-refractivity contribution in [2.45, 2.75) is 66.2 Å². The van der Waals surface area contributed by atoms with Gasteiger partial charge in [-0.1, -0.05) is 51.0 Å². The van der Waals surface area contributed by atoms with Crippen molar-refractivity contribution in [3.63, 3.8) is 0 Å². The van der Waals surface area contributed by atoms with Gasteiger partial charge in [0.1, 0.15) is 0 Å². The molecule has 0 heterocycles. The molecule has 1 heteroatoms. The predicted molar refractivity (Wildman–Crippen MR) is 84.2 cm³/mol. The number of aliphatic hydroxyl groups excluding tert-OH is 1. The number of hydrogen-bond donors (Lipinski definition) is 1. The lowest BCUT2D eigenvalue weighted by atomic mass is 9.72. The minimum absolute atomic E-state index is 0.144. The SMILES string of the molecule is CCCCC(=C/CO)/C=C/C1=C(C)CCCC1(C)C. The zero-order valence-electron chi connectivity index (χ0n) is 13.1. The fourth-order valence-electron chi connectivity index (χ4n) is 2.95. The van der Waals surface area contributed by atoms with Crippen molar-refractivity contribution in [1.82, 2.24) is 0 Å². The molecule has 1 rings (SSSR count). The Kier molecular flexibility index (Phi) is 6.57. The maximum Gasteiger partial charge on any atom is 0.0618 e. The van der Waals surface area contributed by atoms with Crippen LogP contribution in [-0.2, 0) is 0 Å². The van der Waals surface area contributed by atoms with Gasteiger partial charge in [-0.2, -0.15) is 0 Å². The van der Waals surface area contributed by atoms with E-state index in [0.29, 0.717) is 5.41 Å². The standard InChI is InChI=1S/C18H30O/c1-5-6-9-16(12-14-19)10-11-17-15(2)8-7-13-18(17,3)4/h10-12,19H,5-9,13-14H2,1-4H3/b11-10+,16-12-. The van der Waals surface area contributed by atoms with E-state index in [0.717, 1.165) is 6.42 Å². The number of aliphatic hydroxyl groups is 1. The van der Waals surface area contributed by atoms with Crippen LogP contribution in [0.4, 0.5) is 0 Å². The Labute approximate surface area is 119 Å². The lowest BCUT2D eigenvalue weighted by molar-refractivity contribution is 0.341. The topological polar surface area (TPSA) is 20.2 Å². The molecule has 108 valence electrons. The van der Waals surface area contributed by atoms with Gasteiger partial charge in [-0.25, -0.2) is 0 Å². The van der Waals surface area contributed by atoms with E-state index in [2.05, 4.69) is 39.8 Å². The van der Waals surface area contributed by atoms with Crippen LogP contribution in [0.3, 0.4) is 0 Å². The van der Waals surface area contributed by atoms with E-state index in [1.165, 1.54) is 48.8 Å². The molecule has 0 bridgehead atoms. The van der Waals surface area contributed by atoms with Crippen molar-refractivity contribution >= 4 is 0 Å². The highest BCUT2D eigenvalue weighted by Crippen LogP contribution is 2.40. The van der Waals surface area contributed by atoms with E-state index in [4.69, 9.17) is 5.11 Å². The second-order valence-corrected chi connectivity index (χ2v) is 6.33. The highest BCUT2D eigenvalue weighted by Gasteiger charge is 2.26. The highest BCUT2D eigenvalue weighted by molar-refractivity contribution is 5.36. The number of unbranched alkanes of at least 4 members (excludes halogenated alkanes) is 1. The van der Waals surface area contributed by atoms with Gasteiger partial charge >= 0.3 is 0 Å². The van der Waals surface area contributed by atoms with Crippen LogP contribution >= 0.6 is 0 Å². The molecule has 0 aromatic rings. The summed E-state index contributed by atoms with van der Waals surface area (Å²) in [6.07, 6.45) is 13.7. The average molecular weight is 262 g/mol. The molecule has 0 atom stereocenters. The lowest BCUT2D eigenvalue weighted by Crippen LogP contribution is -2.19. The van der Waals surface area contributed by atoms with Crippen molar-refractivity contribution < 1.29 is 5.11 Å². The molecule has 0 aromatic carbocycles. The summed E-state index contributed by atoms with van der Waals surface area (Å²) in [6.45, 7) is 9.30. The molecule has 0 unspecified atom stereocenters. The summed E-state index contributed by atoms with van der Waals surface area (Å²) in [5.74, 6) is 0. The van der Waals surface area contributed by atoms with E-state index in [1.54, 1.807) is 0 Å². The van der Waals surface area contributed by atoms with E-state index >= 15 is 0 Å². The summed E-state index contributed by atoms with van der Waals surface area (Å²) in [4.78, 5) is 0. The van der Waals surface area contributed by atoms with Crippen molar-refractivity contribution in [3.05, 3.63) is 34.9 Å². The minimum Gasteiger partial charge on any atom is -0.392 e. The van der Waals surface area contributed by atoms with Crippen LogP contribution < -0.4 is 0 Å². The van der Waals surface area contributed by atoms with E-state index < -0.39 is 0 Å². The third-order valence-electron chi connectivity index (χ3n) is 4.18. The van der Waals surface area contributed by atoms with Crippen LogP contribution in [0.1, 0.15) is 66.2 Å². The fraction of sp³-hybridized carbons (Fsp3) is 0.667. The molecule has 1 aliphatic carbocycles. The Morgan fingerprint density at radius 1 is 1.37 bits per heavy atom. The lowest BCUT2D eigenvalue weighted by Gasteiger charge is -2.33. The van der Waals surface area contributed by atoms with Gasteiger partial charge in [0.15, 0.2) is 0 Å². The molecule has 0 amide bonds. The monoisotopic (exact) mass is 262 g/mol. The van der Waals surface area contributed by atoms with Crippen LogP contribution in [0.5, 0.6) is 0 Å². The summed E-state index contributed by atoms with van der Waals surface area (Å²) >= 11 is 0. The van der Waals surface area contributed by atoms with Crippen LogP contribution in [-0.4, -0.2) is 11.7 Å². The number of rotatable bonds is 6. The van der Waals surface area contributed by atoms with Gasteiger partial charge in [-0.15, -0.1) is 0 Å².